The van der Waals surface area contributed by atoms with Crippen LogP contribution < -0.4 is 5.73 Å². The molecule has 1 atom stereocenters. The smallest absolute Gasteiger partial charge is 0.351 e. The summed E-state index contributed by atoms with van der Waals surface area (Å²) in [6.45, 7) is -0.182. The number of carbonyl (C=O) groups is 1. The summed E-state index contributed by atoms with van der Waals surface area (Å²) in [5.74, 6) is -1.40. The summed E-state index contributed by atoms with van der Waals surface area (Å²) in [5, 5.41) is 0. The van der Waals surface area contributed by atoms with E-state index in [9.17, 15) is 18.0 Å². The zero-order valence-electron chi connectivity index (χ0n) is 6.27. The van der Waals surface area contributed by atoms with Crippen molar-refractivity contribution < 1.29 is 18.0 Å². The van der Waals surface area contributed by atoms with Crippen LogP contribution in [0.2, 0.25) is 0 Å². The van der Waals surface area contributed by atoms with Gasteiger partial charge in [0.25, 0.3) is 0 Å². The second-order valence-corrected chi connectivity index (χ2v) is 2.81. The van der Waals surface area contributed by atoms with Gasteiger partial charge in [-0.1, -0.05) is 0 Å². The summed E-state index contributed by atoms with van der Waals surface area (Å²) in [6, 6.07) is -0.776. The molecule has 0 spiro atoms. The molecule has 0 aromatic carbocycles. The van der Waals surface area contributed by atoms with Crippen LogP contribution in [0.15, 0.2) is 0 Å². The normalized spacial score (nSPS) is 24.6. The molecule has 0 aromatic heterocycles. The second-order valence-electron chi connectivity index (χ2n) is 2.81. The number of rotatable bonds is 0. The third kappa shape index (κ3) is 1.80. The lowest BCUT2D eigenvalue weighted by Crippen LogP contribution is -2.35. The lowest BCUT2D eigenvalue weighted by molar-refractivity contribution is -0.169. The van der Waals surface area contributed by atoms with Gasteiger partial charge in [0.15, 0.2) is 0 Å². The Kier molecular flexibility index (Phi) is 2.16. The number of halogens is 3. The van der Waals surface area contributed by atoms with Crippen molar-refractivity contribution in [1.29, 1.82) is 0 Å². The number of nitrogens with two attached hydrogens (primary N) is 1. The van der Waals surface area contributed by atoms with Gasteiger partial charge in [-0.15, -0.1) is 0 Å². The molecule has 0 unspecified atom stereocenters. The van der Waals surface area contributed by atoms with Crippen molar-refractivity contribution in [1.82, 2.24) is 4.90 Å². The van der Waals surface area contributed by atoms with E-state index in [4.69, 9.17) is 5.73 Å². The summed E-state index contributed by atoms with van der Waals surface area (Å²) in [6.07, 6.45) is -4.24. The highest BCUT2D eigenvalue weighted by molar-refractivity contribution is 5.72. The van der Waals surface area contributed by atoms with Crippen molar-refractivity contribution in [2.75, 3.05) is 13.1 Å². The van der Waals surface area contributed by atoms with E-state index in [1.165, 1.54) is 0 Å². The van der Waals surface area contributed by atoms with E-state index >= 15 is 0 Å². The highest BCUT2D eigenvalue weighted by Crippen LogP contribution is 2.33. The van der Waals surface area contributed by atoms with Crippen LogP contribution in [-0.4, -0.2) is 30.2 Å². The minimum absolute atomic E-state index is 0.0353. The van der Waals surface area contributed by atoms with E-state index in [1.807, 2.05) is 0 Å². The molecule has 0 radical (unpaired) electrons. The van der Waals surface area contributed by atoms with Gasteiger partial charge in [0, 0.05) is 13.1 Å². The highest BCUT2D eigenvalue weighted by atomic mass is 19.4. The van der Waals surface area contributed by atoms with E-state index in [0.29, 0.717) is 0 Å². The summed E-state index contributed by atoms with van der Waals surface area (Å²) in [5.41, 5.74) is 4.82. The Hall–Kier alpha value is -0.940. The van der Waals surface area contributed by atoms with Crippen LogP contribution in [0.3, 0.4) is 0 Å². The molecule has 1 heterocycles. The fourth-order valence-corrected chi connectivity index (χ4v) is 1.23. The van der Waals surface area contributed by atoms with E-state index in [-0.39, 0.29) is 19.5 Å². The predicted octanol–water partition coefficient (Wildman–Crippen LogP) is 0.949. The Balaban J connectivity index is 2.51. The molecule has 2 amide bonds. The first-order valence-corrected chi connectivity index (χ1v) is 3.52. The molecule has 0 aliphatic carbocycles. The molecule has 1 aliphatic heterocycles. The number of amides is 2. The van der Waals surface area contributed by atoms with Gasteiger partial charge >= 0.3 is 12.2 Å². The lowest BCUT2D eigenvalue weighted by atomic mass is 10.1. The maximum Gasteiger partial charge on any atom is 0.393 e. The van der Waals surface area contributed by atoms with E-state index < -0.39 is 18.1 Å². The van der Waals surface area contributed by atoms with Gasteiger partial charge < -0.3 is 10.6 Å². The van der Waals surface area contributed by atoms with Crippen LogP contribution in [0.1, 0.15) is 6.42 Å². The Morgan fingerprint density at radius 2 is 2.08 bits per heavy atom. The van der Waals surface area contributed by atoms with Gasteiger partial charge in [0.05, 0.1) is 5.92 Å². The molecule has 1 saturated heterocycles. The Morgan fingerprint density at radius 1 is 1.50 bits per heavy atom. The molecular formula is C6H9F3N2O. The van der Waals surface area contributed by atoms with Crippen LogP contribution >= 0.6 is 0 Å². The van der Waals surface area contributed by atoms with E-state index in [0.717, 1.165) is 4.90 Å². The highest BCUT2D eigenvalue weighted by Gasteiger charge is 2.44. The monoisotopic (exact) mass is 182 g/mol. The topological polar surface area (TPSA) is 46.3 Å². The number of hydrogen-bond acceptors (Lipinski definition) is 1. The lowest BCUT2D eigenvalue weighted by Gasteiger charge is -2.15. The first kappa shape index (κ1) is 9.15. The van der Waals surface area contributed by atoms with Crippen molar-refractivity contribution in [3.05, 3.63) is 0 Å². The van der Waals surface area contributed by atoms with Crippen LogP contribution in [0.4, 0.5) is 18.0 Å². The largest absolute Gasteiger partial charge is 0.393 e. The number of urea groups is 1. The van der Waals surface area contributed by atoms with E-state index in [1.54, 1.807) is 0 Å². The quantitative estimate of drug-likeness (QED) is 0.595. The fourth-order valence-electron chi connectivity index (χ4n) is 1.23. The number of alkyl halides is 3. The second kappa shape index (κ2) is 2.84. The SMILES string of the molecule is NC(=O)N1CC[C@H](C(F)(F)F)C1. The van der Waals surface area contributed by atoms with Gasteiger partial charge in [-0.05, 0) is 6.42 Å². The van der Waals surface area contributed by atoms with Gasteiger partial charge in [-0.2, -0.15) is 13.2 Å². The number of likely N-dealkylation sites (tertiary alicyclic amines) is 1. The third-order valence-electron chi connectivity index (χ3n) is 1.96. The Bertz CT molecular complexity index is 192. The van der Waals surface area contributed by atoms with Crippen molar-refractivity contribution in [2.45, 2.75) is 12.6 Å². The zero-order valence-corrected chi connectivity index (χ0v) is 6.27. The third-order valence-corrected chi connectivity index (χ3v) is 1.96. The molecule has 0 aromatic rings. The van der Waals surface area contributed by atoms with Crippen LogP contribution in [0.25, 0.3) is 0 Å². The standard InChI is InChI=1S/C6H9F3N2O/c7-6(8,9)4-1-2-11(3-4)5(10)12/h4H,1-3H2,(H2,10,12)/t4-/m0/s1. The molecule has 12 heavy (non-hydrogen) atoms. The predicted molar refractivity (Wildman–Crippen MR) is 35.3 cm³/mol. The molecular weight excluding hydrogens is 173 g/mol. The summed E-state index contributed by atoms with van der Waals surface area (Å²) >= 11 is 0. The Labute approximate surface area is 67.3 Å². The molecule has 1 aliphatic rings. The van der Waals surface area contributed by atoms with Crippen LogP contribution in [0.5, 0.6) is 0 Å². The van der Waals surface area contributed by atoms with Crippen molar-refractivity contribution >= 4 is 6.03 Å². The van der Waals surface area contributed by atoms with Gasteiger partial charge in [-0.3, -0.25) is 0 Å². The van der Waals surface area contributed by atoms with Gasteiger partial charge in [0.2, 0.25) is 0 Å². The Morgan fingerprint density at radius 3 is 2.33 bits per heavy atom. The van der Waals surface area contributed by atoms with E-state index in [2.05, 4.69) is 0 Å². The number of nitrogens with zero attached hydrogens (tertiary/aromatic N) is 1. The first-order chi connectivity index (χ1) is 5.41. The maximum absolute atomic E-state index is 12.0. The molecule has 6 heteroatoms. The molecule has 3 nitrogen and oxygen atoms in total. The van der Waals surface area contributed by atoms with Crippen LogP contribution in [0, 0.1) is 5.92 Å². The molecule has 1 fully saturated rings. The molecule has 1 rings (SSSR count). The van der Waals surface area contributed by atoms with Crippen molar-refractivity contribution in [3.8, 4) is 0 Å². The van der Waals surface area contributed by atoms with Gasteiger partial charge in [0.1, 0.15) is 0 Å². The van der Waals surface area contributed by atoms with Crippen LogP contribution in [-0.2, 0) is 0 Å². The average Bonchev–Trinajstić information content (AvgIpc) is 2.30. The number of primary amides is 1. The fraction of sp³-hybridized carbons (Fsp3) is 0.833. The zero-order chi connectivity index (χ0) is 9.35. The summed E-state index contributed by atoms with van der Waals surface area (Å²) < 4.78 is 36.1. The molecule has 0 bridgehead atoms. The van der Waals surface area contributed by atoms with Gasteiger partial charge in [-0.25, -0.2) is 4.79 Å². The summed E-state index contributed by atoms with van der Waals surface area (Å²) in [7, 11) is 0. The molecule has 0 saturated carbocycles. The van der Waals surface area contributed by atoms with Crippen molar-refractivity contribution in [3.63, 3.8) is 0 Å². The number of hydrogen-bond donors (Lipinski definition) is 1. The first-order valence-electron chi connectivity index (χ1n) is 3.52. The summed E-state index contributed by atoms with van der Waals surface area (Å²) in [4.78, 5) is 11.5. The number of carbonyl (C=O) groups excluding carboxylic acids is 1. The average molecular weight is 182 g/mol. The minimum Gasteiger partial charge on any atom is -0.351 e. The molecule has 2 N–H and O–H groups in total. The van der Waals surface area contributed by atoms with Crippen molar-refractivity contribution in [2.24, 2.45) is 11.7 Å². The molecule has 70 valence electrons. The maximum atomic E-state index is 12.0. The minimum atomic E-state index is -4.20.